The maximum absolute atomic E-state index is 5.59. The summed E-state index contributed by atoms with van der Waals surface area (Å²) in [5.41, 5.74) is 3.38. The number of hydrogen-bond acceptors (Lipinski definition) is 7. The van der Waals surface area contributed by atoms with Gasteiger partial charge in [0.05, 0.1) is 19.0 Å². The predicted molar refractivity (Wildman–Crippen MR) is 91.7 cm³/mol. The molecule has 1 fully saturated rings. The Kier molecular flexibility index (Phi) is 3.48. The molecule has 8 nitrogen and oxygen atoms in total. The Morgan fingerprint density at radius 3 is 2.92 bits per heavy atom. The van der Waals surface area contributed by atoms with E-state index in [9.17, 15) is 0 Å². The van der Waals surface area contributed by atoms with Crippen LogP contribution in [0.2, 0.25) is 0 Å². The molecular formula is C17H19N7O. The third kappa shape index (κ3) is 2.68. The van der Waals surface area contributed by atoms with E-state index in [4.69, 9.17) is 4.74 Å². The van der Waals surface area contributed by atoms with Crippen LogP contribution in [-0.4, -0.2) is 62.7 Å². The fourth-order valence-corrected chi connectivity index (χ4v) is 3.61. The first-order valence-electron chi connectivity index (χ1n) is 8.61. The predicted octanol–water partition coefficient (Wildman–Crippen LogP) is 0.776. The molecule has 0 aliphatic carbocycles. The van der Waals surface area contributed by atoms with E-state index in [0.29, 0.717) is 5.65 Å². The van der Waals surface area contributed by atoms with Crippen molar-refractivity contribution in [2.24, 2.45) is 0 Å². The lowest BCUT2D eigenvalue weighted by Crippen LogP contribution is -2.46. The molecule has 2 aliphatic heterocycles. The highest BCUT2D eigenvalue weighted by Gasteiger charge is 2.21. The van der Waals surface area contributed by atoms with Crippen LogP contribution in [0, 0.1) is 0 Å². The SMILES string of the molecule is c1cc2c(cc1CN1CCN(c3cncc4nnnn34)CC1)CCO2. The third-order valence-corrected chi connectivity index (χ3v) is 4.95. The highest BCUT2D eigenvalue weighted by atomic mass is 16.5. The van der Waals surface area contributed by atoms with E-state index in [1.165, 1.54) is 11.1 Å². The minimum Gasteiger partial charge on any atom is -0.493 e. The molecule has 2 aliphatic rings. The van der Waals surface area contributed by atoms with Crippen LogP contribution < -0.4 is 9.64 Å². The molecule has 1 aromatic carbocycles. The number of benzene rings is 1. The lowest BCUT2D eigenvalue weighted by molar-refractivity contribution is 0.249. The Morgan fingerprint density at radius 1 is 1.08 bits per heavy atom. The molecule has 5 rings (SSSR count). The van der Waals surface area contributed by atoms with Crippen LogP contribution in [0.4, 0.5) is 5.82 Å². The van der Waals surface area contributed by atoms with Crippen molar-refractivity contribution in [3.63, 3.8) is 0 Å². The molecule has 3 aromatic rings. The summed E-state index contributed by atoms with van der Waals surface area (Å²) in [4.78, 5) is 9.03. The summed E-state index contributed by atoms with van der Waals surface area (Å²) in [5, 5.41) is 11.8. The van der Waals surface area contributed by atoms with Crippen LogP contribution in [0.15, 0.2) is 30.6 Å². The van der Waals surface area contributed by atoms with Gasteiger partial charge in [-0.2, -0.15) is 4.52 Å². The van der Waals surface area contributed by atoms with Crippen molar-refractivity contribution in [2.75, 3.05) is 37.7 Å². The monoisotopic (exact) mass is 337 g/mol. The zero-order valence-electron chi connectivity index (χ0n) is 13.9. The van der Waals surface area contributed by atoms with Crippen LogP contribution >= 0.6 is 0 Å². The van der Waals surface area contributed by atoms with E-state index in [-0.39, 0.29) is 0 Å². The van der Waals surface area contributed by atoms with Crippen molar-refractivity contribution in [1.82, 2.24) is 29.9 Å². The fourth-order valence-electron chi connectivity index (χ4n) is 3.61. The first-order valence-corrected chi connectivity index (χ1v) is 8.61. The number of hydrogen-bond donors (Lipinski definition) is 0. The number of ether oxygens (including phenoxy) is 1. The standard InChI is InChI=1S/C17H19N7O/c1-2-15-14(3-8-25-15)9-13(1)12-22-4-6-23(7-5-22)17-11-18-10-16-19-20-21-24(16)17/h1-2,9-11H,3-8,12H2. The van der Waals surface area contributed by atoms with Gasteiger partial charge in [0.1, 0.15) is 5.75 Å². The molecule has 8 heteroatoms. The van der Waals surface area contributed by atoms with Crippen molar-refractivity contribution >= 4 is 11.5 Å². The summed E-state index contributed by atoms with van der Waals surface area (Å²) in [6.45, 7) is 5.68. The Morgan fingerprint density at radius 2 is 2.00 bits per heavy atom. The number of fused-ring (bicyclic) bond motifs is 2. The molecular weight excluding hydrogens is 318 g/mol. The van der Waals surface area contributed by atoms with Crippen LogP contribution in [-0.2, 0) is 13.0 Å². The van der Waals surface area contributed by atoms with Crippen molar-refractivity contribution < 1.29 is 4.74 Å². The summed E-state index contributed by atoms with van der Waals surface area (Å²) >= 11 is 0. The molecule has 25 heavy (non-hydrogen) atoms. The second-order valence-electron chi connectivity index (χ2n) is 6.52. The lowest BCUT2D eigenvalue weighted by atomic mass is 10.1. The number of tetrazole rings is 1. The van der Waals surface area contributed by atoms with Gasteiger partial charge in [-0.05, 0) is 27.6 Å². The molecule has 4 heterocycles. The average molecular weight is 337 g/mol. The van der Waals surface area contributed by atoms with Gasteiger partial charge >= 0.3 is 0 Å². The molecule has 0 unspecified atom stereocenters. The number of anilines is 1. The van der Waals surface area contributed by atoms with Gasteiger partial charge < -0.3 is 9.64 Å². The second kappa shape index (κ2) is 5.96. The molecule has 0 saturated carbocycles. The van der Waals surface area contributed by atoms with Crippen molar-refractivity contribution in [2.45, 2.75) is 13.0 Å². The third-order valence-electron chi connectivity index (χ3n) is 4.95. The normalized spacial score (nSPS) is 17.7. The zero-order valence-corrected chi connectivity index (χ0v) is 13.9. The summed E-state index contributed by atoms with van der Waals surface area (Å²) in [6.07, 6.45) is 4.54. The van der Waals surface area contributed by atoms with Gasteiger partial charge in [0.25, 0.3) is 0 Å². The smallest absolute Gasteiger partial charge is 0.199 e. The minimum atomic E-state index is 0.681. The quantitative estimate of drug-likeness (QED) is 0.699. The fraction of sp³-hybridized carbons (Fsp3) is 0.412. The van der Waals surface area contributed by atoms with E-state index in [2.05, 4.69) is 48.5 Å². The van der Waals surface area contributed by atoms with Gasteiger partial charge in [-0.15, -0.1) is 5.10 Å². The van der Waals surface area contributed by atoms with Gasteiger partial charge in [0.15, 0.2) is 11.5 Å². The summed E-state index contributed by atoms with van der Waals surface area (Å²) in [6, 6.07) is 6.58. The van der Waals surface area contributed by atoms with E-state index < -0.39 is 0 Å². The largest absolute Gasteiger partial charge is 0.493 e. The Balaban J connectivity index is 1.26. The van der Waals surface area contributed by atoms with Gasteiger partial charge in [0.2, 0.25) is 0 Å². The van der Waals surface area contributed by atoms with Gasteiger partial charge in [-0.25, -0.2) is 0 Å². The zero-order chi connectivity index (χ0) is 16.6. The van der Waals surface area contributed by atoms with Crippen molar-refractivity contribution in [3.05, 3.63) is 41.7 Å². The number of aromatic nitrogens is 5. The molecule has 0 N–H and O–H groups in total. The molecule has 0 radical (unpaired) electrons. The topological polar surface area (TPSA) is 71.7 Å². The van der Waals surface area contributed by atoms with E-state index in [0.717, 1.165) is 57.3 Å². The minimum absolute atomic E-state index is 0.681. The maximum Gasteiger partial charge on any atom is 0.199 e. The van der Waals surface area contributed by atoms with Crippen LogP contribution in [0.1, 0.15) is 11.1 Å². The molecule has 128 valence electrons. The van der Waals surface area contributed by atoms with E-state index in [1.807, 2.05) is 6.20 Å². The average Bonchev–Trinajstić information content (AvgIpc) is 3.31. The highest BCUT2D eigenvalue weighted by Crippen LogP contribution is 2.26. The van der Waals surface area contributed by atoms with Crippen LogP contribution in [0.3, 0.4) is 0 Å². The molecule has 0 spiro atoms. The summed E-state index contributed by atoms with van der Waals surface area (Å²) < 4.78 is 7.34. The van der Waals surface area contributed by atoms with E-state index >= 15 is 0 Å². The molecule has 2 aromatic heterocycles. The molecule has 0 atom stereocenters. The van der Waals surface area contributed by atoms with E-state index in [1.54, 1.807) is 10.7 Å². The van der Waals surface area contributed by atoms with Gasteiger partial charge in [0, 0.05) is 39.1 Å². The van der Waals surface area contributed by atoms with Gasteiger partial charge in [-0.3, -0.25) is 9.88 Å². The molecule has 0 bridgehead atoms. The number of nitrogens with zero attached hydrogens (tertiary/aromatic N) is 7. The first kappa shape index (κ1) is 14.6. The molecule has 1 saturated heterocycles. The van der Waals surface area contributed by atoms with Crippen LogP contribution in [0.25, 0.3) is 5.65 Å². The van der Waals surface area contributed by atoms with Crippen molar-refractivity contribution in [3.8, 4) is 5.75 Å². The second-order valence-corrected chi connectivity index (χ2v) is 6.52. The number of piperazine rings is 1. The Labute approximate surface area is 145 Å². The Hall–Kier alpha value is -2.74. The Bertz CT molecular complexity index is 901. The summed E-state index contributed by atoms with van der Waals surface area (Å²) in [5.74, 6) is 2.01. The highest BCUT2D eigenvalue weighted by molar-refractivity contribution is 5.46. The summed E-state index contributed by atoms with van der Waals surface area (Å²) in [7, 11) is 0. The number of rotatable bonds is 3. The van der Waals surface area contributed by atoms with Gasteiger partial charge in [-0.1, -0.05) is 12.1 Å². The lowest BCUT2D eigenvalue weighted by Gasteiger charge is -2.35. The maximum atomic E-state index is 5.59. The van der Waals surface area contributed by atoms with Crippen molar-refractivity contribution in [1.29, 1.82) is 0 Å². The molecule has 0 amide bonds. The van der Waals surface area contributed by atoms with Crippen LogP contribution in [0.5, 0.6) is 5.75 Å². The first-order chi connectivity index (χ1) is 12.4.